The zero-order valence-corrected chi connectivity index (χ0v) is 27.2. The van der Waals surface area contributed by atoms with Gasteiger partial charge in [-0.1, -0.05) is 109 Å². The number of fused-ring (bicyclic) bond motifs is 10. The Morgan fingerprint density at radius 1 is 0.510 bits per heavy atom. The van der Waals surface area contributed by atoms with Crippen molar-refractivity contribution in [1.29, 1.82) is 5.41 Å². The van der Waals surface area contributed by atoms with E-state index in [0.717, 1.165) is 66.5 Å². The molecule has 0 saturated heterocycles. The van der Waals surface area contributed by atoms with Crippen molar-refractivity contribution in [3.05, 3.63) is 168 Å². The molecule has 9 aromatic rings. The van der Waals surface area contributed by atoms with Crippen molar-refractivity contribution < 1.29 is 0 Å². The zero-order chi connectivity index (χ0) is 32.6. The molecule has 0 radical (unpaired) electrons. The highest BCUT2D eigenvalue weighted by Gasteiger charge is 2.31. The molecule has 2 aromatic heterocycles. The van der Waals surface area contributed by atoms with E-state index >= 15 is 0 Å². The molecule has 1 N–H and O–H groups in total. The molecule has 1 aliphatic carbocycles. The van der Waals surface area contributed by atoms with E-state index in [-0.39, 0.29) is 0 Å². The number of aromatic nitrogens is 2. The Morgan fingerprint density at radius 3 is 1.73 bits per heavy atom. The molecule has 0 fully saturated rings. The van der Waals surface area contributed by atoms with Crippen molar-refractivity contribution in [2.24, 2.45) is 4.40 Å². The molecule has 7 aromatic carbocycles. The van der Waals surface area contributed by atoms with Crippen LogP contribution in [0.15, 0.2) is 156 Å². The smallest absolute Gasteiger partial charge is 0.107 e. The minimum Gasteiger partial charge on any atom is -0.309 e. The first-order chi connectivity index (χ1) is 24.2. The topological polar surface area (TPSA) is 46.1 Å². The zero-order valence-electron chi connectivity index (χ0n) is 26.3. The molecule has 0 saturated carbocycles. The quantitative estimate of drug-likeness (QED) is 0.180. The van der Waals surface area contributed by atoms with Gasteiger partial charge in [0.15, 0.2) is 0 Å². The van der Waals surface area contributed by atoms with Gasteiger partial charge in [0.25, 0.3) is 0 Å². The average molecular weight is 645 g/mol. The van der Waals surface area contributed by atoms with Gasteiger partial charge in [0.1, 0.15) is 5.71 Å². The molecular formula is C44H28N4S. The van der Waals surface area contributed by atoms with Crippen LogP contribution < -0.4 is 0 Å². The summed E-state index contributed by atoms with van der Waals surface area (Å²) in [5, 5.41) is 17.9. The minimum atomic E-state index is 0.356. The van der Waals surface area contributed by atoms with Crippen molar-refractivity contribution in [1.82, 2.24) is 9.13 Å². The lowest BCUT2D eigenvalue weighted by Crippen LogP contribution is -2.21. The fourth-order valence-corrected chi connectivity index (χ4v) is 8.11. The lowest BCUT2D eigenvalue weighted by molar-refractivity contribution is 1.11. The van der Waals surface area contributed by atoms with Crippen LogP contribution in [-0.4, -0.2) is 20.6 Å². The fourth-order valence-electron chi connectivity index (χ4n) is 7.91. The lowest BCUT2D eigenvalue weighted by atomic mass is 9.86. The predicted molar refractivity (Wildman–Crippen MR) is 210 cm³/mol. The van der Waals surface area contributed by atoms with Crippen LogP contribution in [-0.2, 0) is 0 Å². The normalized spacial score (nSPS) is 14.0. The average Bonchev–Trinajstić information content (AvgIpc) is 3.68. The third-order valence-corrected chi connectivity index (χ3v) is 10.2. The molecule has 10 rings (SSSR count). The summed E-state index contributed by atoms with van der Waals surface area (Å²) in [6.07, 6.45) is 2.17. The maximum Gasteiger partial charge on any atom is 0.107 e. The van der Waals surface area contributed by atoms with Crippen LogP contribution in [0.2, 0.25) is 0 Å². The Kier molecular flexibility index (Phi) is 6.08. The van der Waals surface area contributed by atoms with Crippen LogP contribution in [0.5, 0.6) is 0 Å². The number of nitrogens with zero attached hydrogens (tertiary/aromatic N) is 3. The third-order valence-electron chi connectivity index (χ3n) is 10.0. The second-order valence-corrected chi connectivity index (χ2v) is 12.8. The highest BCUT2D eigenvalue weighted by Crippen LogP contribution is 2.43. The fraction of sp³-hybridized carbons (Fsp3) is 0. The van der Waals surface area contributed by atoms with Gasteiger partial charge in [0.05, 0.1) is 28.0 Å². The van der Waals surface area contributed by atoms with Crippen molar-refractivity contribution >= 4 is 90.1 Å². The number of benzene rings is 7. The van der Waals surface area contributed by atoms with Crippen molar-refractivity contribution in [3.63, 3.8) is 0 Å². The number of rotatable bonds is 3. The Labute approximate surface area is 287 Å². The summed E-state index contributed by atoms with van der Waals surface area (Å²) in [7, 11) is 0. The summed E-state index contributed by atoms with van der Waals surface area (Å²) in [4.78, 5) is 0. The van der Waals surface area contributed by atoms with E-state index in [2.05, 4.69) is 178 Å². The largest absolute Gasteiger partial charge is 0.309 e. The van der Waals surface area contributed by atoms with Crippen molar-refractivity contribution in [3.8, 4) is 11.4 Å². The molecule has 0 unspecified atom stereocenters. The van der Waals surface area contributed by atoms with Gasteiger partial charge >= 0.3 is 0 Å². The second kappa shape index (κ2) is 10.7. The second-order valence-electron chi connectivity index (χ2n) is 12.6. The number of hydrogen-bond donors (Lipinski definition) is 2. The molecule has 5 heteroatoms. The van der Waals surface area contributed by atoms with E-state index in [1.165, 1.54) is 21.5 Å². The van der Waals surface area contributed by atoms with Gasteiger partial charge in [-0.3, -0.25) is 5.41 Å². The van der Waals surface area contributed by atoms with E-state index in [1.54, 1.807) is 0 Å². The van der Waals surface area contributed by atoms with Crippen LogP contribution in [0.25, 0.3) is 77.3 Å². The van der Waals surface area contributed by atoms with E-state index in [0.29, 0.717) is 11.4 Å². The summed E-state index contributed by atoms with van der Waals surface area (Å²) in [6, 6.07) is 53.4. The molecule has 0 bridgehead atoms. The van der Waals surface area contributed by atoms with Gasteiger partial charge in [-0.25, -0.2) is 4.40 Å². The predicted octanol–water partition coefficient (Wildman–Crippen LogP) is 11.2. The minimum absolute atomic E-state index is 0.356. The Balaban J connectivity index is 1.30. The highest BCUT2D eigenvalue weighted by molar-refractivity contribution is 7.79. The van der Waals surface area contributed by atoms with Crippen LogP contribution in [0, 0.1) is 5.41 Å². The van der Waals surface area contributed by atoms with Gasteiger partial charge < -0.3 is 9.13 Å². The number of para-hydroxylation sites is 2. The van der Waals surface area contributed by atoms with Gasteiger partial charge in [-0.05, 0) is 88.5 Å². The summed E-state index contributed by atoms with van der Waals surface area (Å²) >= 11 is 4.51. The SMILES string of the molecule is N=C1C(c2ccc3c4c5ccccc5ccc4n(-c4ccccc4)c3c2)=Cc2c(c3c4ccccc4ccc3n2-c2ccccc2)C1=NS. The molecule has 0 atom stereocenters. The highest BCUT2D eigenvalue weighted by atomic mass is 32.1. The van der Waals surface area contributed by atoms with E-state index in [9.17, 15) is 5.41 Å². The molecular weight excluding hydrogens is 617 g/mol. The Bertz CT molecular complexity index is 2890. The third kappa shape index (κ3) is 4.00. The van der Waals surface area contributed by atoms with Gasteiger partial charge in [0, 0.05) is 38.7 Å². The number of allylic oxidation sites excluding steroid dienone is 1. The summed E-state index contributed by atoms with van der Waals surface area (Å²) < 4.78 is 9.18. The van der Waals surface area contributed by atoms with Crippen LogP contribution >= 0.6 is 12.8 Å². The monoisotopic (exact) mass is 644 g/mol. The Morgan fingerprint density at radius 2 is 1.08 bits per heavy atom. The molecule has 0 spiro atoms. The number of thiol groups is 1. The summed E-state index contributed by atoms with van der Waals surface area (Å²) in [6.45, 7) is 0. The molecule has 49 heavy (non-hydrogen) atoms. The van der Waals surface area contributed by atoms with Crippen LogP contribution in [0.4, 0.5) is 0 Å². The van der Waals surface area contributed by atoms with Gasteiger partial charge in [0.2, 0.25) is 0 Å². The van der Waals surface area contributed by atoms with E-state index < -0.39 is 0 Å². The van der Waals surface area contributed by atoms with E-state index in [4.69, 9.17) is 0 Å². The van der Waals surface area contributed by atoms with Gasteiger partial charge in [-0.15, -0.1) is 0 Å². The van der Waals surface area contributed by atoms with Crippen LogP contribution in [0.1, 0.15) is 16.8 Å². The first-order valence-corrected chi connectivity index (χ1v) is 16.8. The Hall–Kier alpha value is -6.17. The maximum atomic E-state index is 9.65. The first kappa shape index (κ1) is 27.9. The molecule has 1 aliphatic rings. The molecule has 0 aliphatic heterocycles. The summed E-state index contributed by atoms with van der Waals surface area (Å²) in [5.41, 5.74) is 10.1. The van der Waals surface area contributed by atoms with Gasteiger partial charge in [-0.2, -0.15) is 0 Å². The van der Waals surface area contributed by atoms with Crippen molar-refractivity contribution in [2.45, 2.75) is 0 Å². The molecule has 2 heterocycles. The standard InChI is InChI=1S/C44H28N4S/c45-43-35(26-39-42(44(43)46-49)41-33-18-10-8-12-28(33)21-24-37(41)48(39)31-15-5-2-6-16-31)29-19-22-34-38(25-29)47(30-13-3-1-4-14-30)36-23-20-27-11-7-9-17-32(27)40(34)36/h1-26,45,49H. The van der Waals surface area contributed by atoms with Crippen molar-refractivity contribution in [2.75, 3.05) is 0 Å². The number of hydrogen-bond acceptors (Lipinski definition) is 3. The molecule has 230 valence electrons. The van der Waals surface area contributed by atoms with E-state index in [1.807, 2.05) is 6.07 Å². The first-order valence-electron chi connectivity index (χ1n) is 16.4. The summed E-state index contributed by atoms with van der Waals surface area (Å²) in [5.74, 6) is 0. The lowest BCUT2D eigenvalue weighted by Gasteiger charge is -2.20. The van der Waals surface area contributed by atoms with Crippen LogP contribution in [0.3, 0.4) is 0 Å². The number of nitrogens with one attached hydrogen (secondary N) is 1. The molecule has 0 amide bonds. The molecule has 4 nitrogen and oxygen atoms in total. The maximum absolute atomic E-state index is 9.65.